The van der Waals surface area contributed by atoms with E-state index in [9.17, 15) is 9.18 Å². The molecule has 2 heterocycles. The maximum absolute atomic E-state index is 14.9. The number of carbonyl (C=O) groups excluding carboxylic acids is 1. The molecule has 27 heavy (non-hydrogen) atoms. The Kier molecular flexibility index (Phi) is 6.15. The molecule has 0 aromatic heterocycles. The van der Waals surface area contributed by atoms with Gasteiger partial charge in [0.05, 0.1) is 11.1 Å². The van der Waals surface area contributed by atoms with Crippen LogP contribution in [0.5, 0.6) is 0 Å². The van der Waals surface area contributed by atoms with Gasteiger partial charge in [-0.2, -0.15) is 0 Å². The van der Waals surface area contributed by atoms with Crippen LogP contribution in [0.2, 0.25) is 0 Å². The number of halogens is 2. The zero-order chi connectivity index (χ0) is 18.0. The summed E-state index contributed by atoms with van der Waals surface area (Å²) in [5.41, 5.74) is 2.24. The van der Waals surface area contributed by atoms with Gasteiger partial charge in [0.1, 0.15) is 5.82 Å². The Labute approximate surface area is 164 Å². The highest BCUT2D eigenvalue weighted by Gasteiger charge is 2.42. The zero-order valence-electron chi connectivity index (χ0n) is 15.1. The molecule has 6 heteroatoms. The second-order valence-corrected chi connectivity index (χ2v) is 7.01. The molecule has 0 atom stereocenters. The van der Waals surface area contributed by atoms with Gasteiger partial charge in [-0.1, -0.05) is 36.4 Å². The highest BCUT2D eigenvalue weighted by molar-refractivity contribution is 5.99. The molecule has 144 valence electrons. The number of amides is 1. The molecule has 0 saturated carbocycles. The fraction of sp³-hybridized carbons (Fsp3) is 0.381. The normalized spacial score (nSPS) is 18.1. The second kappa shape index (κ2) is 8.38. The van der Waals surface area contributed by atoms with Crippen LogP contribution in [-0.2, 0) is 27.9 Å². The third-order valence-electron chi connectivity index (χ3n) is 5.56. The van der Waals surface area contributed by atoms with Crippen molar-refractivity contribution in [2.24, 2.45) is 0 Å². The highest BCUT2D eigenvalue weighted by Crippen LogP contribution is 2.36. The lowest BCUT2D eigenvalue weighted by Crippen LogP contribution is -2.45. The summed E-state index contributed by atoms with van der Waals surface area (Å²) in [4.78, 5) is 13.3. The van der Waals surface area contributed by atoms with Crippen molar-refractivity contribution >= 4 is 24.0 Å². The highest BCUT2D eigenvalue weighted by atomic mass is 35.5. The third kappa shape index (κ3) is 3.72. The zero-order valence-corrected chi connectivity index (χ0v) is 15.9. The lowest BCUT2D eigenvalue weighted by atomic mass is 9.73. The van der Waals surface area contributed by atoms with Crippen molar-refractivity contribution in [1.29, 1.82) is 0 Å². The number of hydrogen-bond donors (Lipinski definition) is 2. The summed E-state index contributed by atoms with van der Waals surface area (Å²) in [5, 5.41) is 6.12. The lowest BCUT2D eigenvalue weighted by Gasteiger charge is -2.36. The minimum atomic E-state index is -0.677. The van der Waals surface area contributed by atoms with Crippen LogP contribution in [0.3, 0.4) is 0 Å². The number of rotatable bonds is 3. The van der Waals surface area contributed by atoms with E-state index in [4.69, 9.17) is 4.74 Å². The predicted octanol–water partition coefficient (Wildman–Crippen LogP) is 3.58. The largest absolute Gasteiger partial charge is 0.381 e. The van der Waals surface area contributed by atoms with Gasteiger partial charge < -0.3 is 15.4 Å². The Morgan fingerprint density at radius 2 is 1.85 bits per heavy atom. The van der Waals surface area contributed by atoms with Gasteiger partial charge in [0.2, 0.25) is 5.91 Å². The molecule has 0 bridgehead atoms. The summed E-state index contributed by atoms with van der Waals surface area (Å²) in [5.74, 6) is -0.451. The Balaban J connectivity index is 0.00000210. The topological polar surface area (TPSA) is 50.4 Å². The maximum Gasteiger partial charge on any atom is 0.235 e. The summed E-state index contributed by atoms with van der Waals surface area (Å²) in [6, 6.07) is 13.3. The molecule has 2 aromatic carbocycles. The molecule has 2 aliphatic heterocycles. The van der Waals surface area contributed by atoms with E-state index < -0.39 is 5.41 Å². The van der Waals surface area contributed by atoms with Crippen LogP contribution in [-0.4, -0.2) is 25.7 Å². The van der Waals surface area contributed by atoms with Crippen molar-refractivity contribution in [3.8, 4) is 0 Å². The Morgan fingerprint density at radius 1 is 1.11 bits per heavy atom. The van der Waals surface area contributed by atoms with Crippen molar-refractivity contribution in [3.63, 3.8) is 0 Å². The van der Waals surface area contributed by atoms with E-state index >= 15 is 0 Å². The molecule has 4 rings (SSSR count). The molecule has 0 spiro atoms. The smallest absolute Gasteiger partial charge is 0.235 e. The van der Waals surface area contributed by atoms with Crippen LogP contribution < -0.4 is 10.6 Å². The first-order valence-electron chi connectivity index (χ1n) is 9.16. The van der Waals surface area contributed by atoms with Gasteiger partial charge in [-0.15, -0.1) is 12.4 Å². The predicted molar refractivity (Wildman–Crippen MR) is 106 cm³/mol. The molecule has 0 unspecified atom stereocenters. The maximum atomic E-state index is 14.9. The molecule has 2 aliphatic rings. The molecule has 1 fully saturated rings. The molecule has 0 aliphatic carbocycles. The standard InChI is InChI=1S/C21H23FN2O2.ClH/c22-19-17-8-11-23-14-15(17)6-7-18(19)24-20(25)21(9-12-26-13-10-21)16-4-2-1-3-5-16;/h1-7,23H,8-14H2,(H,24,25);1H. The number of hydrogen-bond acceptors (Lipinski definition) is 3. The fourth-order valence-electron chi connectivity index (χ4n) is 4.00. The number of anilines is 1. The van der Waals surface area contributed by atoms with Crippen LogP contribution in [0, 0.1) is 5.82 Å². The molecule has 2 N–H and O–H groups in total. The van der Waals surface area contributed by atoms with Gasteiger partial charge in [-0.05, 0) is 48.6 Å². The van der Waals surface area contributed by atoms with Gasteiger partial charge in [-0.3, -0.25) is 4.79 Å². The molecule has 2 aromatic rings. The monoisotopic (exact) mass is 390 g/mol. The molecule has 1 saturated heterocycles. The summed E-state index contributed by atoms with van der Waals surface area (Å²) in [7, 11) is 0. The Bertz CT molecular complexity index is 807. The Morgan fingerprint density at radius 3 is 2.59 bits per heavy atom. The number of carbonyl (C=O) groups is 1. The minimum absolute atomic E-state index is 0. The van der Waals surface area contributed by atoms with Gasteiger partial charge in [0.15, 0.2) is 0 Å². The average Bonchev–Trinajstić information content (AvgIpc) is 2.71. The third-order valence-corrected chi connectivity index (χ3v) is 5.56. The van der Waals surface area contributed by atoms with E-state index in [1.54, 1.807) is 6.07 Å². The summed E-state index contributed by atoms with van der Waals surface area (Å²) < 4.78 is 20.4. The van der Waals surface area contributed by atoms with Crippen LogP contribution >= 0.6 is 12.4 Å². The van der Waals surface area contributed by atoms with Crippen molar-refractivity contribution in [2.45, 2.75) is 31.2 Å². The van der Waals surface area contributed by atoms with Crippen LogP contribution in [0.1, 0.15) is 29.5 Å². The number of nitrogens with one attached hydrogen (secondary N) is 2. The first-order valence-corrected chi connectivity index (χ1v) is 9.16. The van der Waals surface area contributed by atoms with Gasteiger partial charge >= 0.3 is 0 Å². The van der Waals surface area contributed by atoms with Crippen LogP contribution in [0.15, 0.2) is 42.5 Å². The first kappa shape index (κ1) is 19.8. The second-order valence-electron chi connectivity index (χ2n) is 7.01. The van der Waals surface area contributed by atoms with E-state index in [1.165, 1.54) is 0 Å². The van der Waals surface area contributed by atoms with Gasteiger partial charge in [0.25, 0.3) is 0 Å². The van der Waals surface area contributed by atoms with Crippen molar-refractivity contribution in [1.82, 2.24) is 5.32 Å². The van der Waals surface area contributed by atoms with E-state index in [1.807, 2.05) is 36.4 Å². The minimum Gasteiger partial charge on any atom is -0.381 e. The van der Waals surface area contributed by atoms with E-state index in [0.717, 1.165) is 17.7 Å². The number of fused-ring (bicyclic) bond motifs is 1. The molecular weight excluding hydrogens is 367 g/mol. The summed E-state index contributed by atoms with van der Waals surface area (Å²) in [6.07, 6.45) is 1.83. The van der Waals surface area contributed by atoms with E-state index in [2.05, 4.69) is 10.6 Å². The molecule has 1 amide bonds. The lowest BCUT2D eigenvalue weighted by molar-refractivity contribution is -0.125. The van der Waals surface area contributed by atoms with Crippen LogP contribution in [0.4, 0.5) is 10.1 Å². The summed E-state index contributed by atoms with van der Waals surface area (Å²) in [6.45, 7) is 2.49. The van der Waals surface area contributed by atoms with Crippen LogP contribution in [0.25, 0.3) is 0 Å². The molecule has 0 radical (unpaired) electrons. The van der Waals surface area contributed by atoms with Crippen molar-refractivity contribution in [2.75, 3.05) is 25.1 Å². The van der Waals surface area contributed by atoms with Gasteiger partial charge in [-0.25, -0.2) is 4.39 Å². The molecular formula is C21H24ClFN2O2. The van der Waals surface area contributed by atoms with Gasteiger partial charge in [0, 0.05) is 19.8 Å². The SMILES string of the molecule is Cl.O=C(Nc1ccc2c(c1F)CCNC2)C1(c2ccccc2)CCOCC1. The number of ether oxygens (including phenoxy) is 1. The fourth-order valence-corrected chi connectivity index (χ4v) is 4.00. The van der Waals surface area contributed by atoms with E-state index in [0.29, 0.717) is 44.6 Å². The quantitative estimate of drug-likeness (QED) is 0.842. The first-order chi connectivity index (χ1) is 12.7. The molecule has 4 nitrogen and oxygen atoms in total. The van der Waals surface area contributed by atoms with E-state index in [-0.39, 0.29) is 29.8 Å². The summed E-state index contributed by atoms with van der Waals surface area (Å²) >= 11 is 0. The number of benzene rings is 2. The van der Waals surface area contributed by atoms with Crippen molar-refractivity contribution < 1.29 is 13.9 Å². The average molecular weight is 391 g/mol. The van der Waals surface area contributed by atoms with Crippen molar-refractivity contribution in [3.05, 3.63) is 65.0 Å². The Hall–Kier alpha value is -1.95.